The number of hydrogen-bond donors (Lipinski definition) is 0. The number of aromatic nitrogens is 4. The highest BCUT2D eigenvalue weighted by Crippen LogP contribution is 2.36. The average Bonchev–Trinajstić information content (AvgIpc) is 3.22. The third-order valence-electron chi connectivity index (χ3n) is 3.74. The van der Waals surface area contributed by atoms with Crippen LogP contribution in [-0.4, -0.2) is 39.8 Å². The van der Waals surface area contributed by atoms with E-state index in [4.69, 9.17) is 9.26 Å². The van der Waals surface area contributed by atoms with Crippen LogP contribution in [0.2, 0.25) is 0 Å². The second kappa shape index (κ2) is 6.70. The van der Waals surface area contributed by atoms with Crippen LogP contribution in [0.3, 0.4) is 0 Å². The highest BCUT2D eigenvalue weighted by Gasteiger charge is 2.32. The molecule has 1 unspecified atom stereocenters. The van der Waals surface area contributed by atoms with Crippen molar-refractivity contribution in [1.29, 1.82) is 0 Å². The Bertz CT molecular complexity index is 612. The second-order valence-corrected chi connectivity index (χ2v) is 6.46. The number of hydrogen-bond acceptors (Lipinski definition) is 8. The molecule has 0 spiro atoms. The van der Waals surface area contributed by atoms with E-state index in [1.807, 2.05) is 0 Å². The largest absolute Gasteiger partial charge is 0.384 e. The number of methoxy groups -OCH3 is 1. The van der Waals surface area contributed by atoms with Crippen LogP contribution >= 0.6 is 11.5 Å². The lowest BCUT2D eigenvalue weighted by Crippen LogP contribution is -2.23. The first-order valence-electron chi connectivity index (χ1n) is 7.60. The minimum atomic E-state index is 0.138. The summed E-state index contributed by atoms with van der Waals surface area (Å²) in [6, 6.07) is 0.138. The standard InChI is InChI=1S/C14H21N5O2S/c1-9(2)13-16-12(17-21-13)10-5-4-7-19(10)14-15-11(18-22-14)6-8-20-3/h9-10H,4-8H2,1-3H3. The van der Waals surface area contributed by atoms with Crippen LogP contribution in [0.25, 0.3) is 0 Å². The second-order valence-electron chi connectivity index (χ2n) is 5.73. The lowest BCUT2D eigenvalue weighted by molar-refractivity contribution is 0.201. The molecule has 2 aromatic rings. The molecule has 1 saturated heterocycles. The molecule has 22 heavy (non-hydrogen) atoms. The molecular formula is C14H21N5O2S. The van der Waals surface area contributed by atoms with Gasteiger partial charge in [-0.25, -0.2) is 4.98 Å². The Kier molecular flexibility index (Phi) is 4.68. The summed E-state index contributed by atoms with van der Waals surface area (Å²) in [6.07, 6.45) is 2.86. The fourth-order valence-corrected chi connectivity index (χ4v) is 3.33. The maximum absolute atomic E-state index is 5.34. The van der Waals surface area contributed by atoms with Crippen LogP contribution < -0.4 is 4.90 Å². The summed E-state index contributed by atoms with van der Waals surface area (Å²) in [6.45, 7) is 5.70. The van der Waals surface area contributed by atoms with Gasteiger partial charge in [0, 0.05) is 37.5 Å². The molecule has 3 heterocycles. The zero-order valence-electron chi connectivity index (χ0n) is 13.2. The van der Waals surface area contributed by atoms with Gasteiger partial charge in [0.1, 0.15) is 5.82 Å². The molecule has 1 aliphatic rings. The van der Waals surface area contributed by atoms with E-state index >= 15 is 0 Å². The summed E-state index contributed by atoms with van der Waals surface area (Å²) in [5.74, 6) is 2.54. The molecule has 1 atom stereocenters. The molecule has 8 heteroatoms. The Balaban J connectivity index is 1.76. The van der Waals surface area contributed by atoms with Gasteiger partial charge >= 0.3 is 0 Å². The summed E-state index contributed by atoms with van der Waals surface area (Å²) in [5, 5.41) is 5.09. The van der Waals surface area contributed by atoms with Crippen LogP contribution in [0.4, 0.5) is 5.13 Å². The first-order valence-corrected chi connectivity index (χ1v) is 8.38. The molecule has 0 aromatic carbocycles. The van der Waals surface area contributed by atoms with Crippen molar-refractivity contribution in [2.45, 2.75) is 45.1 Å². The molecule has 0 N–H and O–H groups in total. The Hall–Kier alpha value is -1.54. The number of anilines is 1. The van der Waals surface area contributed by atoms with E-state index in [0.29, 0.717) is 12.5 Å². The zero-order valence-corrected chi connectivity index (χ0v) is 14.0. The molecule has 2 aromatic heterocycles. The monoisotopic (exact) mass is 323 g/mol. The van der Waals surface area contributed by atoms with Gasteiger partial charge in [-0.3, -0.25) is 0 Å². The van der Waals surface area contributed by atoms with E-state index < -0.39 is 0 Å². The molecule has 0 aliphatic carbocycles. The summed E-state index contributed by atoms with van der Waals surface area (Å²) in [5.41, 5.74) is 0. The van der Waals surface area contributed by atoms with Gasteiger partial charge in [-0.15, -0.1) is 0 Å². The van der Waals surface area contributed by atoms with E-state index in [1.54, 1.807) is 7.11 Å². The zero-order chi connectivity index (χ0) is 15.5. The molecule has 120 valence electrons. The van der Waals surface area contributed by atoms with Gasteiger partial charge in [-0.1, -0.05) is 19.0 Å². The van der Waals surface area contributed by atoms with Crippen molar-refractivity contribution in [2.75, 3.05) is 25.2 Å². The van der Waals surface area contributed by atoms with Crippen molar-refractivity contribution in [3.05, 3.63) is 17.5 Å². The molecule has 0 radical (unpaired) electrons. The summed E-state index contributed by atoms with van der Waals surface area (Å²) in [7, 11) is 1.69. The van der Waals surface area contributed by atoms with E-state index in [-0.39, 0.29) is 12.0 Å². The summed E-state index contributed by atoms with van der Waals surface area (Å²) in [4.78, 5) is 11.4. The van der Waals surface area contributed by atoms with Gasteiger partial charge in [0.05, 0.1) is 12.6 Å². The van der Waals surface area contributed by atoms with Crippen molar-refractivity contribution < 1.29 is 9.26 Å². The van der Waals surface area contributed by atoms with Gasteiger partial charge in [-0.2, -0.15) is 9.36 Å². The molecule has 0 amide bonds. The first kappa shape index (κ1) is 15.4. The van der Waals surface area contributed by atoms with Crippen molar-refractivity contribution in [1.82, 2.24) is 19.5 Å². The van der Waals surface area contributed by atoms with Crippen molar-refractivity contribution in [3.8, 4) is 0 Å². The first-order chi connectivity index (χ1) is 10.7. The van der Waals surface area contributed by atoms with Crippen LogP contribution in [0.5, 0.6) is 0 Å². The average molecular weight is 323 g/mol. The molecule has 1 aliphatic heterocycles. The van der Waals surface area contributed by atoms with E-state index in [1.165, 1.54) is 11.5 Å². The molecule has 7 nitrogen and oxygen atoms in total. The van der Waals surface area contributed by atoms with Gasteiger partial charge in [0.25, 0.3) is 0 Å². The van der Waals surface area contributed by atoms with Crippen LogP contribution in [0.15, 0.2) is 4.52 Å². The van der Waals surface area contributed by atoms with Crippen molar-refractivity contribution >= 4 is 16.7 Å². The SMILES string of the molecule is COCCc1nsc(N2CCCC2c2noc(C(C)C)n2)n1. The Morgan fingerprint density at radius 3 is 3.00 bits per heavy atom. The normalized spacial score (nSPS) is 18.5. The minimum Gasteiger partial charge on any atom is -0.384 e. The topological polar surface area (TPSA) is 77.2 Å². The van der Waals surface area contributed by atoms with Crippen molar-refractivity contribution in [2.24, 2.45) is 0 Å². The minimum absolute atomic E-state index is 0.138. The molecule has 3 rings (SSSR count). The Morgan fingerprint density at radius 1 is 1.41 bits per heavy atom. The third kappa shape index (κ3) is 3.12. The van der Waals surface area contributed by atoms with Crippen LogP contribution in [0.1, 0.15) is 56.2 Å². The number of nitrogens with zero attached hydrogens (tertiary/aromatic N) is 5. The number of rotatable bonds is 6. The molecule has 1 fully saturated rings. The smallest absolute Gasteiger partial charge is 0.229 e. The lowest BCUT2D eigenvalue weighted by atomic mass is 10.2. The third-order valence-corrected chi connectivity index (χ3v) is 4.53. The van der Waals surface area contributed by atoms with Gasteiger partial charge in [-0.05, 0) is 12.8 Å². The maximum atomic E-state index is 5.34. The Labute approximate surface area is 133 Å². The molecule has 0 bridgehead atoms. The summed E-state index contributed by atoms with van der Waals surface area (Å²) >= 11 is 1.43. The Morgan fingerprint density at radius 2 is 2.27 bits per heavy atom. The highest BCUT2D eigenvalue weighted by molar-refractivity contribution is 7.09. The van der Waals surface area contributed by atoms with Gasteiger partial charge in [0.15, 0.2) is 5.82 Å². The van der Waals surface area contributed by atoms with Crippen LogP contribution in [0, 0.1) is 0 Å². The van der Waals surface area contributed by atoms with E-state index in [2.05, 4.69) is 38.2 Å². The van der Waals surface area contributed by atoms with E-state index in [0.717, 1.165) is 42.6 Å². The fraction of sp³-hybridized carbons (Fsp3) is 0.714. The van der Waals surface area contributed by atoms with Crippen molar-refractivity contribution in [3.63, 3.8) is 0 Å². The predicted octanol–water partition coefficient (Wildman–Crippen LogP) is 2.57. The molecular weight excluding hydrogens is 302 g/mol. The summed E-state index contributed by atoms with van der Waals surface area (Å²) < 4.78 is 14.8. The molecule has 0 saturated carbocycles. The maximum Gasteiger partial charge on any atom is 0.229 e. The highest BCUT2D eigenvalue weighted by atomic mass is 32.1. The van der Waals surface area contributed by atoms with E-state index in [9.17, 15) is 0 Å². The predicted molar refractivity (Wildman–Crippen MR) is 83.2 cm³/mol. The quantitative estimate of drug-likeness (QED) is 0.808. The van der Waals surface area contributed by atoms with Gasteiger partial charge < -0.3 is 14.2 Å². The van der Waals surface area contributed by atoms with Crippen LogP contribution in [-0.2, 0) is 11.2 Å². The number of ether oxygens (including phenoxy) is 1. The fourth-order valence-electron chi connectivity index (χ4n) is 2.54. The van der Waals surface area contributed by atoms with Gasteiger partial charge in [0.2, 0.25) is 11.0 Å². The lowest BCUT2D eigenvalue weighted by Gasteiger charge is -2.20.